The van der Waals surface area contributed by atoms with Crippen molar-refractivity contribution < 1.29 is 13.2 Å². The van der Waals surface area contributed by atoms with Crippen LogP contribution in [0.25, 0.3) is 0 Å². The van der Waals surface area contributed by atoms with Gasteiger partial charge in [-0.1, -0.05) is 11.6 Å². The summed E-state index contributed by atoms with van der Waals surface area (Å²) in [5, 5.41) is 0.358. The molecule has 0 aromatic carbocycles. The summed E-state index contributed by atoms with van der Waals surface area (Å²) in [5.74, 6) is 0.661. The Labute approximate surface area is 124 Å². The first-order chi connectivity index (χ1) is 8.43. The summed E-state index contributed by atoms with van der Waals surface area (Å²) in [6, 6.07) is 0. The molecule has 1 atom stereocenters. The molecule has 1 saturated heterocycles. The van der Waals surface area contributed by atoms with E-state index in [2.05, 4.69) is 32.6 Å². The van der Waals surface area contributed by atoms with Crippen molar-refractivity contribution in [3.05, 3.63) is 20.2 Å². The van der Waals surface area contributed by atoms with Crippen LogP contribution in [-0.4, -0.2) is 37.0 Å². The third-order valence-electron chi connectivity index (χ3n) is 2.78. The van der Waals surface area contributed by atoms with Crippen molar-refractivity contribution in [3.8, 4) is 0 Å². The number of methoxy groups -OCH3 is 1. The smallest absolute Gasteiger partial charge is 0.151 e. The highest BCUT2D eigenvalue weighted by atomic mass is 127. The lowest BCUT2D eigenvalue weighted by molar-refractivity contribution is 0.180. The first-order valence-corrected chi connectivity index (χ1v) is 8.62. The Bertz CT molecular complexity index is 564. The van der Waals surface area contributed by atoms with Crippen LogP contribution in [0.15, 0.2) is 0 Å². The van der Waals surface area contributed by atoms with E-state index in [0.29, 0.717) is 29.7 Å². The van der Waals surface area contributed by atoms with Gasteiger partial charge in [0.25, 0.3) is 0 Å². The molecule has 100 valence electrons. The summed E-state index contributed by atoms with van der Waals surface area (Å²) in [6.45, 7) is 0.340. The number of ether oxygens (including phenoxy) is 1. The van der Waals surface area contributed by atoms with Crippen molar-refractivity contribution in [1.29, 1.82) is 0 Å². The second-order valence-electron chi connectivity index (χ2n) is 4.17. The number of aromatic nitrogens is 2. The van der Waals surface area contributed by atoms with Crippen LogP contribution >= 0.6 is 34.2 Å². The van der Waals surface area contributed by atoms with Crippen LogP contribution in [0, 0.1) is 3.57 Å². The fourth-order valence-electron chi connectivity index (χ4n) is 1.89. The Kier molecular flexibility index (Phi) is 4.45. The van der Waals surface area contributed by atoms with E-state index in [1.54, 1.807) is 7.11 Å². The molecule has 5 nitrogen and oxygen atoms in total. The van der Waals surface area contributed by atoms with Crippen LogP contribution in [0.5, 0.6) is 0 Å². The van der Waals surface area contributed by atoms with Gasteiger partial charge in [0.1, 0.15) is 11.0 Å². The van der Waals surface area contributed by atoms with Gasteiger partial charge in [0.05, 0.1) is 27.4 Å². The number of rotatable bonds is 3. The molecule has 1 aliphatic rings. The second-order valence-corrected chi connectivity index (χ2v) is 7.83. The first kappa shape index (κ1) is 14.4. The minimum atomic E-state index is -2.95. The summed E-state index contributed by atoms with van der Waals surface area (Å²) in [6.07, 6.45) is 0.561. The van der Waals surface area contributed by atoms with Crippen molar-refractivity contribution in [2.45, 2.75) is 18.9 Å². The third kappa shape index (κ3) is 3.12. The predicted octanol–water partition coefficient (Wildman–Crippen LogP) is 1.78. The minimum absolute atomic E-state index is 0.107. The summed E-state index contributed by atoms with van der Waals surface area (Å²) >= 11 is 8.10. The van der Waals surface area contributed by atoms with E-state index in [9.17, 15) is 8.42 Å². The monoisotopic (exact) mass is 402 g/mol. The molecule has 18 heavy (non-hydrogen) atoms. The lowest BCUT2D eigenvalue weighted by atomic mass is 10.1. The normalized spacial score (nSPS) is 22.3. The van der Waals surface area contributed by atoms with Crippen LogP contribution in [0.4, 0.5) is 0 Å². The van der Waals surface area contributed by atoms with E-state index < -0.39 is 9.84 Å². The van der Waals surface area contributed by atoms with Gasteiger partial charge >= 0.3 is 0 Å². The Hall–Kier alpha value is 0.01000. The molecule has 0 amide bonds. The topological polar surface area (TPSA) is 69.2 Å². The van der Waals surface area contributed by atoms with Gasteiger partial charge in [0.2, 0.25) is 0 Å². The molecule has 0 saturated carbocycles. The molecule has 2 rings (SSSR count). The van der Waals surface area contributed by atoms with E-state index in [0.717, 1.165) is 3.57 Å². The Morgan fingerprint density at radius 2 is 2.22 bits per heavy atom. The zero-order valence-electron chi connectivity index (χ0n) is 9.69. The molecule has 1 fully saturated rings. The maximum atomic E-state index is 11.5. The third-order valence-corrected chi connectivity index (χ3v) is 6.27. The Morgan fingerprint density at radius 1 is 1.50 bits per heavy atom. The maximum absolute atomic E-state index is 11.5. The van der Waals surface area contributed by atoms with Crippen molar-refractivity contribution in [3.63, 3.8) is 0 Å². The average Bonchev–Trinajstić information content (AvgIpc) is 2.65. The number of hydrogen-bond acceptors (Lipinski definition) is 5. The van der Waals surface area contributed by atoms with Crippen molar-refractivity contribution >= 4 is 44.0 Å². The molecule has 2 heterocycles. The second kappa shape index (κ2) is 5.56. The SMILES string of the molecule is COCc1nc(C2CCS(=O)(=O)C2)nc(Cl)c1I. The maximum Gasteiger partial charge on any atom is 0.151 e. The summed E-state index contributed by atoms with van der Waals surface area (Å²) in [7, 11) is -1.37. The molecule has 0 bridgehead atoms. The zero-order chi connectivity index (χ0) is 13.3. The van der Waals surface area contributed by atoms with Gasteiger partial charge in [-0.05, 0) is 29.0 Å². The van der Waals surface area contributed by atoms with Crippen LogP contribution in [0.3, 0.4) is 0 Å². The molecule has 0 N–H and O–H groups in total. The molecular weight excluding hydrogens is 391 g/mol. The van der Waals surface area contributed by atoms with E-state index in [1.165, 1.54) is 0 Å². The summed E-state index contributed by atoms with van der Waals surface area (Å²) in [5.41, 5.74) is 0.706. The quantitative estimate of drug-likeness (QED) is 0.569. The summed E-state index contributed by atoms with van der Waals surface area (Å²) < 4.78 is 28.7. The number of hydrogen-bond donors (Lipinski definition) is 0. The predicted molar refractivity (Wildman–Crippen MR) is 76.5 cm³/mol. The molecule has 1 aromatic rings. The van der Waals surface area contributed by atoms with Crippen LogP contribution in [0.2, 0.25) is 5.15 Å². The zero-order valence-corrected chi connectivity index (χ0v) is 13.4. The Balaban J connectivity index is 2.34. The molecule has 0 aliphatic carbocycles. The molecule has 1 aliphatic heterocycles. The highest BCUT2D eigenvalue weighted by Crippen LogP contribution is 2.29. The van der Waals surface area contributed by atoms with Crippen LogP contribution in [0.1, 0.15) is 23.9 Å². The molecule has 0 radical (unpaired) electrons. The van der Waals surface area contributed by atoms with E-state index in [-0.39, 0.29) is 17.4 Å². The lowest BCUT2D eigenvalue weighted by Crippen LogP contribution is -2.11. The van der Waals surface area contributed by atoms with Gasteiger partial charge in [-0.15, -0.1) is 0 Å². The van der Waals surface area contributed by atoms with Gasteiger partial charge in [0, 0.05) is 13.0 Å². The molecule has 0 spiro atoms. The van der Waals surface area contributed by atoms with Crippen LogP contribution in [-0.2, 0) is 21.2 Å². The molecular formula is C10H12ClIN2O3S. The van der Waals surface area contributed by atoms with Crippen LogP contribution < -0.4 is 0 Å². The van der Waals surface area contributed by atoms with E-state index >= 15 is 0 Å². The largest absolute Gasteiger partial charge is 0.378 e. The number of sulfone groups is 1. The van der Waals surface area contributed by atoms with Crippen molar-refractivity contribution in [2.75, 3.05) is 18.6 Å². The minimum Gasteiger partial charge on any atom is -0.378 e. The van der Waals surface area contributed by atoms with E-state index in [4.69, 9.17) is 16.3 Å². The van der Waals surface area contributed by atoms with Crippen molar-refractivity contribution in [1.82, 2.24) is 9.97 Å². The highest BCUT2D eigenvalue weighted by molar-refractivity contribution is 14.1. The van der Waals surface area contributed by atoms with Gasteiger partial charge in [0.15, 0.2) is 9.84 Å². The molecule has 1 unspecified atom stereocenters. The standard InChI is InChI=1S/C10H12ClIN2O3S/c1-17-4-7-8(12)9(11)14-10(13-7)6-2-3-18(15,16)5-6/h6H,2-5H2,1H3. The van der Waals surface area contributed by atoms with Crippen molar-refractivity contribution in [2.24, 2.45) is 0 Å². The van der Waals surface area contributed by atoms with E-state index in [1.807, 2.05) is 0 Å². The highest BCUT2D eigenvalue weighted by Gasteiger charge is 2.31. The molecule has 1 aromatic heterocycles. The summed E-state index contributed by atoms with van der Waals surface area (Å²) in [4.78, 5) is 8.57. The number of halogens is 2. The van der Waals surface area contributed by atoms with Gasteiger partial charge in [-0.25, -0.2) is 18.4 Å². The van der Waals surface area contributed by atoms with Gasteiger partial charge in [-0.3, -0.25) is 0 Å². The number of nitrogens with zero attached hydrogens (tertiary/aromatic N) is 2. The fourth-order valence-corrected chi connectivity index (χ4v) is 4.23. The van der Waals surface area contributed by atoms with Gasteiger partial charge < -0.3 is 4.74 Å². The lowest BCUT2D eigenvalue weighted by Gasteiger charge is -2.10. The fraction of sp³-hybridized carbons (Fsp3) is 0.600. The first-order valence-electron chi connectivity index (χ1n) is 5.34. The average molecular weight is 403 g/mol. The molecule has 8 heteroatoms. The van der Waals surface area contributed by atoms with Gasteiger partial charge in [-0.2, -0.15) is 0 Å². The Morgan fingerprint density at radius 3 is 2.78 bits per heavy atom.